The van der Waals surface area contributed by atoms with Crippen LogP contribution in [0.2, 0.25) is 0 Å². The molecule has 0 atom stereocenters. The summed E-state index contributed by atoms with van der Waals surface area (Å²) in [6.45, 7) is 7.71. The molecule has 0 aromatic carbocycles. The second-order valence-corrected chi connectivity index (χ2v) is 5.44. The molecule has 19 heavy (non-hydrogen) atoms. The highest BCUT2D eigenvalue weighted by Gasteiger charge is 2.14. The molecule has 0 saturated heterocycles. The van der Waals surface area contributed by atoms with Crippen molar-refractivity contribution < 1.29 is 0 Å². The van der Waals surface area contributed by atoms with Crippen molar-refractivity contribution in [3.8, 4) is 0 Å². The number of hydrogen-bond acceptors (Lipinski definition) is 1. The Balaban J connectivity index is 2.31. The van der Waals surface area contributed by atoms with Crippen molar-refractivity contribution in [1.29, 1.82) is 0 Å². The van der Waals surface area contributed by atoms with Gasteiger partial charge in [-0.3, -0.25) is 4.99 Å². The zero-order valence-corrected chi connectivity index (χ0v) is 12.6. The van der Waals surface area contributed by atoms with Gasteiger partial charge in [-0.05, 0) is 19.3 Å². The van der Waals surface area contributed by atoms with Gasteiger partial charge in [-0.2, -0.15) is 0 Å². The lowest BCUT2D eigenvalue weighted by Gasteiger charge is -2.24. The number of hydrogen-bond donors (Lipinski definition) is 2. The molecule has 1 aliphatic rings. The van der Waals surface area contributed by atoms with Crippen molar-refractivity contribution in [2.75, 3.05) is 13.1 Å². The molecule has 0 aromatic heterocycles. The summed E-state index contributed by atoms with van der Waals surface area (Å²) in [5, 5.41) is 6.90. The summed E-state index contributed by atoms with van der Waals surface area (Å²) in [5.41, 5.74) is 0. The lowest BCUT2D eigenvalue weighted by Crippen LogP contribution is -2.44. The van der Waals surface area contributed by atoms with Crippen LogP contribution >= 0.6 is 0 Å². The normalized spacial score (nSPS) is 17.2. The molecule has 0 aliphatic heterocycles. The second kappa shape index (κ2) is 10.9. The van der Waals surface area contributed by atoms with E-state index in [1.807, 2.05) is 6.08 Å². The maximum atomic E-state index is 4.67. The van der Waals surface area contributed by atoms with Crippen LogP contribution in [-0.4, -0.2) is 25.1 Å². The summed E-state index contributed by atoms with van der Waals surface area (Å²) in [5.74, 6) is 0.975. The molecule has 1 saturated carbocycles. The molecular weight excluding hydrogens is 234 g/mol. The van der Waals surface area contributed by atoms with Gasteiger partial charge in [0.15, 0.2) is 5.96 Å². The van der Waals surface area contributed by atoms with Crippen molar-refractivity contribution in [2.45, 2.75) is 70.8 Å². The highest BCUT2D eigenvalue weighted by molar-refractivity contribution is 5.80. The number of nitrogens with one attached hydrogen (secondary N) is 2. The van der Waals surface area contributed by atoms with E-state index in [4.69, 9.17) is 0 Å². The number of rotatable bonds is 8. The average Bonchev–Trinajstić information content (AvgIpc) is 2.45. The van der Waals surface area contributed by atoms with Crippen LogP contribution in [0.15, 0.2) is 17.6 Å². The molecule has 2 N–H and O–H groups in total. The van der Waals surface area contributed by atoms with Gasteiger partial charge in [-0.15, -0.1) is 6.58 Å². The lowest BCUT2D eigenvalue weighted by atomic mass is 9.96. The molecule has 110 valence electrons. The van der Waals surface area contributed by atoms with Crippen molar-refractivity contribution in [1.82, 2.24) is 10.6 Å². The SMILES string of the molecule is C=CCNC(=NCCCCCC)NC1CCCCC1. The van der Waals surface area contributed by atoms with Crippen molar-refractivity contribution in [3.05, 3.63) is 12.7 Å². The summed E-state index contributed by atoms with van der Waals surface area (Å²) in [4.78, 5) is 4.67. The van der Waals surface area contributed by atoms with Crippen LogP contribution in [0.3, 0.4) is 0 Å². The summed E-state index contributed by atoms with van der Waals surface area (Å²) in [6, 6.07) is 0.612. The molecule has 0 radical (unpaired) electrons. The molecule has 3 heteroatoms. The van der Waals surface area contributed by atoms with Crippen LogP contribution in [0, 0.1) is 0 Å². The number of aliphatic imine (C=N–C) groups is 1. The van der Waals surface area contributed by atoms with E-state index in [-0.39, 0.29) is 0 Å². The Morgan fingerprint density at radius 3 is 2.68 bits per heavy atom. The minimum Gasteiger partial charge on any atom is -0.354 e. The standard InChI is InChI=1S/C16H31N3/c1-3-5-6-10-14-18-16(17-13-4-2)19-15-11-8-7-9-12-15/h4,15H,2-3,5-14H2,1H3,(H2,17,18,19). The van der Waals surface area contributed by atoms with E-state index in [0.29, 0.717) is 6.04 Å². The van der Waals surface area contributed by atoms with Crippen molar-refractivity contribution in [3.63, 3.8) is 0 Å². The molecule has 0 unspecified atom stereocenters. The van der Waals surface area contributed by atoms with Crippen molar-refractivity contribution >= 4 is 5.96 Å². The molecule has 3 nitrogen and oxygen atoms in total. The number of guanidine groups is 1. The molecule has 0 bridgehead atoms. The van der Waals surface area contributed by atoms with E-state index in [1.54, 1.807) is 0 Å². The Bertz CT molecular complexity index is 255. The minimum atomic E-state index is 0.612. The first-order valence-corrected chi connectivity index (χ1v) is 8.02. The van der Waals surface area contributed by atoms with Gasteiger partial charge in [0, 0.05) is 19.1 Å². The van der Waals surface area contributed by atoms with Gasteiger partial charge >= 0.3 is 0 Å². The predicted octanol–water partition coefficient (Wildman–Crippen LogP) is 3.62. The van der Waals surface area contributed by atoms with E-state index in [1.165, 1.54) is 57.8 Å². The maximum absolute atomic E-state index is 4.67. The Morgan fingerprint density at radius 1 is 1.21 bits per heavy atom. The summed E-state index contributed by atoms with van der Waals surface area (Å²) < 4.78 is 0. The van der Waals surface area contributed by atoms with Gasteiger partial charge in [-0.25, -0.2) is 0 Å². The first kappa shape index (κ1) is 16.1. The fourth-order valence-electron chi connectivity index (χ4n) is 2.49. The van der Waals surface area contributed by atoms with Crippen LogP contribution < -0.4 is 10.6 Å². The fraction of sp³-hybridized carbons (Fsp3) is 0.812. The zero-order valence-electron chi connectivity index (χ0n) is 12.6. The van der Waals surface area contributed by atoms with E-state index in [0.717, 1.165) is 19.0 Å². The summed E-state index contributed by atoms with van der Waals surface area (Å²) in [6.07, 6.45) is 13.6. The Kier molecular flexibility index (Phi) is 9.21. The largest absolute Gasteiger partial charge is 0.354 e. The van der Waals surface area contributed by atoms with Crippen LogP contribution in [0.5, 0.6) is 0 Å². The number of nitrogens with zero attached hydrogens (tertiary/aromatic N) is 1. The number of unbranched alkanes of at least 4 members (excludes halogenated alkanes) is 3. The first-order valence-electron chi connectivity index (χ1n) is 8.02. The third-order valence-corrected chi connectivity index (χ3v) is 3.64. The molecule has 1 rings (SSSR count). The van der Waals surface area contributed by atoms with Crippen LogP contribution in [-0.2, 0) is 0 Å². The maximum Gasteiger partial charge on any atom is 0.191 e. The van der Waals surface area contributed by atoms with E-state index in [9.17, 15) is 0 Å². The van der Waals surface area contributed by atoms with Crippen molar-refractivity contribution in [2.24, 2.45) is 4.99 Å². The zero-order chi connectivity index (χ0) is 13.8. The predicted molar refractivity (Wildman–Crippen MR) is 84.7 cm³/mol. The molecule has 0 heterocycles. The van der Waals surface area contributed by atoms with E-state index >= 15 is 0 Å². The molecule has 0 amide bonds. The van der Waals surface area contributed by atoms with Gasteiger partial charge in [0.25, 0.3) is 0 Å². The van der Waals surface area contributed by atoms with Crippen LogP contribution in [0.25, 0.3) is 0 Å². The summed E-state index contributed by atoms with van der Waals surface area (Å²) in [7, 11) is 0. The average molecular weight is 265 g/mol. The van der Waals surface area contributed by atoms with Crippen LogP contribution in [0.4, 0.5) is 0 Å². The van der Waals surface area contributed by atoms with Gasteiger partial charge in [0.2, 0.25) is 0 Å². The highest BCUT2D eigenvalue weighted by atomic mass is 15.2. The lowest BCUT2D eigenvalue weighted by molar-refractivity contribution is 0.410. The highest BCUT2D eigenvalue weighted by Crippen LogP contribution is 2.17. The van der Waals surface area contributed by atoms with Gasteiger partial charge < -0.3 is 10.6 Å². The first-order chi connectivity index (χ1) is 9.36. The van der Waals surface area contributed by atoms with Gasteiger partial charge in [-0.1, -0.05) is 51.5 Å². The quantitative estimate of drug-likeness (QED) is 0.304. The Morgan fingerprint density at radius 2 is 2.00 bits per heavy atom. The third kappa shape index (κ3) is 7.91. The second-order valence-electron chi connectivity index (χ2n) is 5.44. The monoisotopic (exact) mass is 265 g/mol. The molecule has 0 aromatic rings. The smallest absolute Gasteiger partial charge is 0.191 e. The van der Waals surface area contributed by atoms with Crippen LogP contribution in [0.1, 0.15) is 64.7 Å². The van der Waals surface area contributed by atoms with Gasteiger partial charge in [0.1, 0.15) is 0 Å². The Hall–Kier alpha value is -0.990. The molecule has 0 spiro atoms. The molecule has 1 aliphatic carbocycles. The summed E-state index contributed by atoms with van der Waals surface area (Å²) >= 11 is 0. The molecular formula is C16H31N3. The fourth-order valence-corrected chi connectivity index (χ4v) is 2.49. The Labute approximate surface area is 119 Å². The third-order valence-electron chi connectivity index (χ3n) is 3.64. The van der Waals surface area contributed by atoms with Gasteiger partial charge in [0.05, 0.1) is 0 Å². The minimum absolute atomic E-state index is 0.612. The van der Waals surface area contributed by atoms with E-state index in [2.05, 4.69) is 29.1 Å². The molecule has 1 fully saturated rings. The topological polar surface area (TPSA) is 36.4 Å². The van der Waals surface area contributed by atoms with E-state index < -0.39 is 0 Å².